The average molecular weight is 267 g/mol. The van der Waals surface area contributed by atoms with E-state index in [2.05, 4.69) is 22.2 Å². The second-order valence-electron chi connectivity index (χ2n) is 4.38. The second kappa shape index (κ2) is 6.77. The Bertz CT molecular complexity index is 438. The Balaban J connectivity index is 2.86. The number of rotatable bonds is 7. The molecule has 0 fully saturated rings. The fourth-order valence-electron chi connectivity index (χ4n) is 1.48. The number of carbonyl (C=O) groups is 1. The third kappa shape index (κ3) is 4.27. The van der Waals surface area contributed by atoms with Crippen molar-refractivity contribution in [2.45, 2.75) is 32.7 Å². The van der Waals surface area contributed by atoms with Crippen LogP contribution in [0, 0.1) is 0 Å². The van der Waals surface area contributed by atoms with Gasteiger partial charge in [0.25, 0.3) is 0 Å². The van der Waals surface area contributed by atoms with Gasteiger partial charge >= 0.3 is 5.97 Å². The zero-order chi connectivity index (χ0) is 14.4. The molecule has 1 unspecified atom stereocenters. The Labute approximate surface area is 112 Å². The lowest BCUT2D eigenvalue weighted by molar-refractivity contribution is -0.138. The van der Waals surface area contributed by atoms with Crippen LogP contribution in [0.3, 0.4) is 0 Å². The maximum Gasteiger partial charge on any atom is 0.326 e. The number of aliphatic carboxylic acids is 1. The minimum absolute atomic E-state index is 0.126. The molecule has 7 heteroatoms. The van der Waals surface area contributed by atoms with Crippen LogP contribution in [-0.2, 0) is 4.79 Å². The van der Waals surface area contributed by atoms with Crippen LogP contribution >= 0.6 is 0 Å². The summed E-state index contributed by atoms with van der Waals surface area (Å²) in [5.41, 5.74) is 5.64. The number of unbranched alkanes of at least 4 members (excludes halogenated alkanes) is 1. The molecule has 0 amide bonds. The number of hydrogen-bond acceptors (Lipinski definition) is 6. The van der Waals surface area contributed by atoms with Crippen molar-refractivity contribution in [1.82, 2.24) is 9.97 Å². The standard InChI is InChI=1S/C12H21N5O2/c1-4-5-6-14-9-7-10(16-12(13)15-9)17(3)8(2)11(18)19/h7-8H,4-6H2,1-3H3,(H,18,19)(H3,13,14,15,16). The molecule has 7 nitrogen and oxygen atoms in total. The lowest BCUT2D eigenvalue weighted by atomic mass is 10.3. The van der Waals surface area contributed by atoms with E-state index in [0.29, 0.717) is 11.6 Å². The zero-order valence-electron chi connectivity index (χ0n) is 11.6. The second-order valence-corrected chi connectivity index (χ2v) is 4.38. The highest BCUT2D eigenvalue weighted by atomic mass is 16.4. The molecule has 0 aliphatic heterocycles. The Hall–Kier alpha value is -2.05. The molecule has 1 aromatic heterocycles. The van der Waals surface area contributed by atoms with E-state index in [1.165, 1.54) is 0 Å². The first-order chi connectivity index (χ1) is 8.95. The number of nitrogen functional groups attached to an aromatic ring is 1. The predicted octanol–water partition coefficient (Wildman–Crippen LogP) is 1.18. The molecular formula is C12H21N5O2. The van der Waals surface area contributed by atoms with E-state index in [-0.39, 0.29) is 5.95 Å². The fourth-order valence-corrected chi connectivity index (χ4v) is 1.48. The molecule has 0 aliphatic carbocycles. The summed E-state index contributed by atoms with van der Waals surface area (Å²) in [5, 5.41) is 12.1. The van der Waals surface area contributed by atoms with Crippen molar-refractivity contribution in [1.29, 1.82) is 0 Å². The molecule has 1 aromatic rings. The van der Waals surface area contributed by atoms with Crippen LogP contribution < -0.4 is 16.0 Å². The first-order valence-electron chi connectivity index (χ1n) is 6.29. The number of likely N-dealkylation sites (N-methyl/N-ethyl adjacent to an activating group) is 1. The number of aromatic nitrogens is 2. The Morgan fingerprint density at radius 3 is 2.84 bits per heavy atom. The summed E-state index contributed by atoms with van der Waals surface area (Å²) in [6, 6.07) is 1.02. The number of anilines is 3. The molecule has 4 N–H and O–H groups in total. The molecule has 0 radical (unpaired) electrons. The Morgan fingerprint density at radius 2 is 2.26 bits per heavy atom. The van der Waals surface area contributed by atoms with E-state index < -0.39 is 12.0 Å². The monoisotopic (exact) mass is 267 g/mol. The van der Waals surface area contributed by atoms with Crippen LogP contribution in [0.5, 0.6) is 0 Å². The highest BCUT2D eigenvalue weighted by Crippen LogP contribution is 2.18. The molecule has 1 heterocycles. The number of nitrogens with two attached hydrogens (primary N) is 1. The van der Waals surface area contributed by atoms with Gasteiger partial charge in [-0.1, -0.05) is 13.3 Å². The summed E-state index contributed by atoms with van der Waals surface area (Å²) < 4.78 is 0. The van der Waals surface area contributed by atoms with Crippen molar-refractivity contribution < 1.29 is 9.90 Å². The molecule has 19 heavy (non-hydrogen) atoms. The van der Waals surface area contributed by atoms with Gasteiger partial charge in [-0.05, 0) is 13.3 Å². The predicted molar refractivity (Wildman–Crippen MR) is 75.3 cm³/mol. The van der Waals surface area contributed by atoms with Crippen molar-refractivity contribution in [3.05, 3.63) is 6.07 Å². The zero-order valence-corrected chi connectivity index (χ0v) is 11.6. The normalized spacial score (nSPS) is 11.9. The van der Waals surface area contributed by atoms with Gasteiger partial charge in [-0.2, -0.15) is 9.97 Å². The average Bonchev–Trinajstić information content (AvgIpc) is 2.36. The molecule has 0 bridgehead atoms. The lowest BCUT2D eigenvalue weighted by Gasteiger charge is -2.23. The molecule has 1 rings (SSSR count). The Morgan fingerprint density at radius 1 is 1.58 bits per heavy atom. The van der Waals surface area contributed by atoms with Gasteiger partial charge < -0.3 is 21.1 Å². The van der Waals surface area contributed by atoms with Crippen molar-refractivity contribution in [3.63, 3.8) is 0 Å². The highest BCUT2D eigenvalue weighted by Gasteiger charge is 2.19. The van der Waals surface area contributed by atoms with Gasteiger partial charge in [-0.3, -0.25) is 0 Å². The van der Waals surface area contributed by atoms with Crippen LogP contribution in [0.4, 0.5) is 17.6 Å². The summed E-state index contributed by atoms with van der Waals surface area (Å²) in [6.07, 6.45) is 2.11. The molecule has 106 valence electrons. The van der Waals surface area contributed by atoms with Gasteiger partial charge in [-0.25, -0.2) is 4.79 Å². The van der Waals surface area contributed by atoms with Crippen LogP contribution in [0.1, 0.15) is 26.7 Å². The van der Waals surface area contributed by atoms with E-state index in [4.69, 9.17) is 10.8 Å². The van der Waals surface area contributed by atoms with Gasteiger partial charge in [-0.15, -0.1) is 0 Å². The molecular weight excluding hydrogens is 246 g/mol. The molecule has 1 atom stereocenters. The maximum atomic E-state index is 11.0. The third-order valence-electron chi connectivity index (χ3n) is 2.87. The van der Waals surface area contributed by atoms with E-state index in [1.54, 1.807) is 24.9 Å². The number of carboxylic acids is 1. The largest absolute Gasteiger partial charge is 0.480 e. The van der Waals surface area contributed by atoms with E-state index >= 15 is 0 Å². The first-order valence-corrected chi connectivity index (χ1v) is 6.29. The molecule has 0 saturated carbocycles. The number of carboxylic acid groups (broad SMARTS) is 1. The van der Waals surface area contributed by atoms with Gasteiger partial charge in [0, 0.05) is 19.7 Å². The smallest absolute Gasteiger partial charge is 0.326 e. The van der Waals surface area contributed by atoms with Crippen LogP contribution in [0.25, 0.3) is 0 Å². The maximum absolute atomic E-state index is 11.0. The molecule has 0 saturated heterocycles. The highest BCUT2D eigenvalue weighted by molar-refractivity contribution is 5.77. The topological polar surface area (TPSA) is 104 Å². The van der Waals surface area contributed by atoms with Crippen LogP contribution in [-0.4, -0.2) is 40.7 Å². The summed E-state index contributed by atoms with van der Waals surface area (Å²) in [6.45, 7) is 4.49. The lowest BCUT2D eigenvalue weighted by Crippen LogP contribution is -2.36. The van der Waals surface area contributed by atoms with Gasteiger partial charge in [0.05, 0.1) is 0 Å². The van der Waals surface area contributed by atoms with Crippen molar-refractivity contribution in [2.24, 2.45) is 0 Å². The van der Waals surface area contributed by atoms with Crippen LogP contribution in [0.15, 0.2) is 6.07 Å². The summed E-state index contributed by atoms with van der Waals surface area (Å²) in [7, 11) is 1.66. The van der Waals surface area contributed by atoms with Crippen molar-refractivity contribution in [3.8, 4) is 0 Å². The summed E-state index contributed by atoms with van der Waals surface area (Å²) >= 11 is 0. The van der Waals surface area contributed by atoms with Gasteiger partial charge in [0.15, 0.2) is 0 Å². The van der Waals surface area contributed by atoms with Crippen molar-refractivity contribution >= 4 is 23.6 Å². The van der Waals surface area contributed by atoms with Crippen molar-refractivity contribution in [2.75, 3.05) is 29.5 Å². The number of hydrogen-bond donors (Lipinski definition) is 3. The van der Waals surface area contributed by atoms with Gasteiger partial charge in [0.2, 0.25) is 5.95 Å². The van der Waals surface area contributed by atoms with E-state index in [9.17, 15) is 4.79 Å². The first kappa shape index (κ1) is 15.0. The number of nitrogens with one attached hydrogen (secondary N) is 1. The summed E-state index contributed by atoms with van der Waals surface area (Å²) in [5.74, 6) is 0.308. The minimum atomic E-state index is -0.917. The van der Waals surface area contributed by atoms with Crippen LogP contribution in [0.2, 0.25) is 0 Å². The van der Waals surface area contributed by atoms with E-state index in [0.717, 1.165) is 19.4 Å². The Kier molecular flexibility index (Phi) is 5.35. The van der Waals surface area contributed by atoms with Gasteiger partial charge in [0.1, 0.15) is 17.7 Å². The fraction of sp³-hybridized carbons (Fsp3) is 0.583. The minimum Gasteiger partial charge on any atom is -0.480 e. The third-order valence-corrected chi connectivity index (χ3v) is 2.87. The van der Waals surface area contributed by atoms with E-state index in [1.807, 2.05) is 0 Å². The quantitative estimate of drug-likeness (QED) is 0.637. The molecule has 0 aromatic carbocycles. The molecule has 0 aliphatic rings. The summed E-state index contributed by atoms with van der Waals surface area (Å²) in [4.78, 5) is 20.6. The number of nitrogens with zero attached hydrogens (tertiary/aromatic N) is 3. The molecule has 0 spiro atoms. The SMILES string of the molecule is CCCCNc1cc(N(C)C(C)C(=O)O)nc(N)n1.